The third kappa shape index (κ3) is 2.67. The Bertz CT molecular complexity index is 509. The second-order valence-corrected chi connectivity index (χ2v) is 4.35. The molecule has 0 atom stereocenters. The zero-order valence-corrected chi connectivity index (χ0v) is 9.83. The van der Waals surface area contributed by atoms with Crippen LogP contribution in [0.1, 0.15) is 28.4 Å². The number of carbonyl (C=O) groups excluding carboxylic acids is 1. The van der Waals surface area contributed by atoms with Gasteiger partial charge in [0.05, 0.1) is 0 Å². The Morgan fingerprint density at radius 3 is 2.69 bits per heavy atom. The van der Waals surface area contributed by atoms with E-state index in [-0.39, 0.29) is 5.78 Å². The highest BCUT2D eigenvalue weighted by Crippen LogP contribution is 2.12. The van der Waals surface area contributed by atoms with Crippen molar-refractivity contribution in [2.24, 2.45) is 0 Å². The lowest BCUT2D eigenvalue weighted by molar-refractivity contribution is 0.101. The highest BCUT2D eigenvalue weighted by atomic mass is 32.1. The molecule has 1 aromatic heterocycles. The van der Waals surface area contributed by atoms with Crippen LogP contribution in [0.2, 0.25) is 0 Å². The van der Waals surface area contributed by atoms with Crippen LogP contribution in [0.25, 0.3) is 12.2 Å². The van der Waals surface area contributed by atoms with E-state index < -0.39 is 0 Å². The monoisotopic (exact) mass is 228 g/mol. The number of hydrogen-bond acceptors (Lipinski definition) is 2. The number of thiophene rings is 1. The second-order valence-electron chi connectivity index (χ2n) is 3.57. The fraction of sp³-hybridized carbons (Fsp3) is 0.0714. The molecule has 0 spiro atoms. The van der Waals surface area contributed by atoms with Gasteiger partial charge in [0, 0.05) is 5.56 Å². The second kappa shape index (κ2) is 4.90. The summed E-state index contributed by atoms with van der Waals surface area (Å²) in [5.74, 6) is 0.103. The van der Waals surface area contributed by atoms with Crippen LogP contribution < -0.4 is 0 Å². The standard InChI is InChI=1S/C14H12OS/c1-11(15)14-4-2-3-12(9-14)5-6-13-7-8-16-10-13/h2-10H,1H3/b6-5-. The molecule has 0 saturated heterocycles. The van der Waals surface area contributed by atoms with Crippen molar-refractivity contribution in [3.8, 4) is 0 Å². The maximum absolute atomic E-state index is 11.2. The van der Waals surface area contributed by atoms with Crippen molar-refractivity contribution in [3.63, 3.8) is 0 Å². The summed E-state index contributed by atoms with van der Waals surface area (Å²) in [4.78, 5) is 11.2. The summed E-state index contributed by atoms with van der Waals surface area (Å²) < 4.78 is 0. The maximum atomic E-state index is 11.2. The molecule has 0 aliphatic heterocycles. The topological polar surface area (TPSA) is 17.1 Å². The van der Waals surface area contributed by atoms with Gasteiger partial charge in [-0.25, -0.2) is 0 Å². The minimum atomic E-state index is 0.103. The quantitative estimate of drug-likeness (QED) is 0.722. The fourth-order valence-corrected chi connectivity index (χ4v) is 2.05. The highest BCUT2D eigenvalue weighted by molar-refractivity contribution is 7.08. The predicted octanol–water partition coefficient (Wildman–Crippen LogP) is 4.12. The lowest BCUT2D eigenvalue weighted by Gasteiger charge is -1.97. The molecule has 0 bridgehead atoms. The lowest BCUT2D eigenvalue weighted by atomic mass is 10.1. The highest BCUT2D eigenvalue weighted by Gasteiger charge is 1.97. The van der Waals surface area contributed by atoms with E-state index in [2.05, 4.69) is 17.5 Å². The summed E-state index contributed by atoms with van der Waals surface area (Å²) in [6, 6.07) is 9.71. The van der Waals surface area contributed by atoms with Crippen molar-refractivity contribution in [2.75, 3.05) is 0 Å². The molecular formula is C14H12OS. The van der Waals surface area contributed by atoms with Crippen molar-refractivity contribution in [1.82, 2.24) is 0 Å². The van der Waals surface area contributed by atoms with E-state index in [4.69, 9.17) is 0 Å². The van der Waals surface area contributed by atoms with Gasteiger partial charge in [-0.15, -0.1) is 0 Å². The molecule has 2 aromatic rings. The van der Waals surface area contributed by atoms with Crippen molar-refractivity contribution in [3.05, 3.63) is 57.8 Å². The predicted molar refractivity (Wildman–Crippen MR) is 69.7 cm³/mol. The van der Waals surface area contributed by atoms with E-state index in [1.54, 1.807) is 18.3 Å². The zero-order valence-electron chi connectivity index (χ0n) is 9.01. The van der Waals surface area contributed by atoms with Crippen LogP contribution in [-0.4, -0.2) is 5.78 Å². The summed E-state index contributed by atoms with van der Waals surface area (Å²) in [7, 11) is 0. The van der Waals surface area contributed by atoms with Gasteiger partial charge in [0.15, 0.2) is 5.78 Å². The molecule has 80 valence electrons. The van der Waals surface area contributed by atoms with E-state index in [1.165, 1.54) is 5.56 Å². The number of rotatable bonds is 3. The van der Waals surface area contributed by atoms with Gasteiger partial charge in [-0.1, -0.05) is 30.4 Å². The van der Waals surface area contributed by atoms with Gasteiger partial charge in [-0.2, -0.15) is 11.3 Å². The largest absolute Gasteiger partial charge is 0.295 e. The minimum Gasteiger partial charge on any atom is -0.295 e. The third-order valence-electron chi connectivity index (χ3n) is 2.30. The molecule has 0 aliphatic rings. The third-order valence-corrected chi connectivity index (χ3v) is 3.01. The van der Waals surface area contributed by atoms with Crippen molar-refractivity contribution >= 4 is 29.3 Å². The van der Waals surface area contributed by atoms with Gasteiger partial charge in [0.2, 0.25) is 0 Å². The summed E-state index contributed by atoms with van der Waals surface area (Å²) >= 11 is 1.68. The summed E-state index contributed by atoms with van der Waals surface area (Å²) in [5.41, 5.74) is 3.00. The lowest BCUT2D eigenvalue weighted by Crippen LogP contribution is -1.91. The minimum absolute atomic E-state index is 0.103. The Hall–Kier alpha value is -1.67. The smallest absolute Gasteiger partial charge is 0.159 e. The molecule has 0 N–H and O–H groups in total. The summed E-state index contributed by atoms with van der Waals surface area (Å²) in [6.07, 6.45) is 4.07. The number of ketones is 1. The Balaban J connectivity index is 2.22. The van der Waals surface area contributed by atoms with Crippen LogP contribution >= 0.6 is 11.3 Å². The molecule has 2 rings (SSSR count). The Labute approximate surface area is 99.1 Å². The molecule has 0 amide bonds. The Kier molecular flexibility index (Phi) is 3.32. The molecule has 1 aromatic carbocycles. The molecule has 1 heterocycles. The first-order valence-corrected chi connectivity index (χ1v) is 6.01. The SMILES string of the molecule is CC(=O)c1cccc(/C=C\c2ccsc2)c1. The van der Waals surface area contributed by atoms with Crippen LogP contribution in [0.3, 0.4) is 0 Å². The normalized spacial score (nSPS) is 10.8. The molecule has 0 fully saturated rings. The van der Waals surface area contributed by atoms with Gasteiger partial charge in [0.1, 0.15) is 0 Å². The van der Waals surface area contributed by atoms with E-state index in [0.29, 0.717) is 0 Å². The molecule has 16 heavy (non-hydrogen) atoms. The molecule has 0 saturated carbocycles. The van der Waals surface area contributed by atoms with Crippen LogP contribution in [0.4, 0.5) is 0 Å². The number of Topliss-reactive ketones (excluding diaryl/α,β-unsaturated/α-hetero) is 1. The van der Waals surface area contributed by atoms with Crippen molar-refractivity contribution in [1.29, 1.82) is 0 Å². The summed E-state index contributed by atoms with van der Waals surface area (Å²) in [6.45, 7) is 1.59. The van der Waals surface area contributed by atoms with Crippen LogP contribution in [-0.2, 0) is 0 Å². The average Bonchev–Trinajstić information content (AvgIpc) is 2.79. The van der Waals surface area contributed by atoms with E-state index in [1.807, 2.05) is 35.7 Å². The van der Waals surface area contributed by atoms with Gasteiger partial charge in [-0.05, 0) is 40.9 Å². The fourth-order valence-electron chi connectivity index (χ4n) is 1.42. The van der Waals surface area contributed by atoms with Crippen LogP contribution in [0.5, 0.6) is 0 Å². The Morgan fingerprint density at radius 2 is 2.00 bits per heavy atom. The number of hydrogen-bond donors (Lipinski definition) is 0. The molecular weight excluding hydrogens is 216 g/mol. The van der Waals surface area contributed by atoms with Crippen molar-refractivity contribution < 1.29 is 4.79 Å². The van der Waals surface area contributed by atoms with Crippen LogP contribution in [0.15, 0.2) is 41.1 Å². The van der Waals surface area contributed by atoms with E-state index >= 15 is 0 Å². The van der Waals surface area contributed by atoms with Gasteiger partial charge in [-0.3, -0.25) is 4.79 Å². The van der Waals surface area contributed by atoms with E-state index in [9.17, 15) is 4.79 Å². The Morgan fingerprint density at radius 1 is 1.19 bits per heavy atom. The first kappa shape index (κ1) is 10.8. The first-order valence-electron chi connectivity index (χ1n) is 5.07. The van der Waals surface area contributed by atoms with Gasteiger partial charge < -0.3 is 0 Å². The summed E-state index contributed by atoms with van der Waals surface area (Å²) in [5, 5.41) is 4.14. The first-order chi connectivity index (χ1) is 7.75. The molecule has 0 radical (unpaired) electrons. The van der Waals surface area contributed by atoms with Gasteiger partial charge >= 0.3 is 0 Å². The molecule has 2 heteroatoms. The van der Waals surface area contributed by atoms with E-state index in [0.717, 1.165) is 11.1 Å². The number of carbonyl (C=O) groups is 1. The van der Waals surface area contributed by atoms with Gasteiger partial charge in [0.25, 0.3) is 0 Å². The molecule has 0 aliphatic carbocycles. The van der Waals surface area contributed by atoms with Crippen LogP contribution in [0, 0.1) is 0 Å². The van der Waals surface area contributed by atoms with Crippen molar-refractivity contribution in [2.45, 2.75) is 6.92 Å². The number of benzene rings is 1. The average molecular weight is 228 g/mol. The molecule has 0 unspecified atom stereocenters. The zero-order chi connectivity index (χ0) is 11.4. The molecule has 1 nitrogen and oxygen atoms in total. The maximum Gasteiger partial charge on any atom is 0.159 e.